The molecule has 0 saturated heterocycles. The molecule has 4 heteroatoms. The summed E-state index contributed by atoms with van der Waals surface area (Å²) in [5.41, 5.74) is 8.01. The number of carbonyl (C=O) groups is 1. The van der Waals surface area contributed by atoms with Gasteiger partial charge in [-0.15, -0.1) is 0 Å². The van der Waals surface area contributed by atoms with Crippen molar-refractivity contribution in [3.63, 3.8) is 0 Å². The van der Waals surface area contributed by atoms with Crippen molar-refractivity contribution < 1.29 is 4.79 Å². The van der Waals surface area contributed by atoms with E-state index in [1.165, 1.54) is 0 Å². The smallest absolute Gasteiger partial charge is 0.319 e. The van der Waals surface area contributed by atoms with Crippen LogP contribution in [0.25, 0.3) is 0 Å². The number of anilines is 1. The van der Waals surface area contributed by atoms with E-state index in [2.05, 4.69) is 22.5 Å². The van der Waals surface area contributed by atoms with Gasteiger partial charge in [0.25, 0.3) is 0 Å². The van der Waals surface area contributed by atoms with Crippen LogP contribution in [0.2, 0.25) is 0 Å². The summed E-state index contributed by atoms with van der Waals surface area (Å²) in [7, 11) is 0. The highest BCUT2D eigenvalue weighted by Gasteiger charge is 2.01. The Bertz CT molecular complexity index is 457. The molecule has 0 aliphatic heterocycles. The summed E-state index contributed by atoms with van der Waals surface area (Å²) in [4.78, 5) is 11.3. The quantitative estimate of drug-likeness (QED) is 0.674. The van der Waals surface area contributed by atoms with Gasteiger partial charge in [-0.2, -0.15) is 0 Å². The van der Waals surface area contributed by atoms with Gasteiger partial charge in [0.15, 0.2) is 0 Å². The zero-order chi connectivity index (χ0) is 12.7. The summed E-state index contributed by atoms with van der Waals surface area (Å²) < 4.78 is 0. The van der Waals surface area contributed by atoms with Crippen LogP contribution in [0.5, 0.6) is 0 Å². The predicted molar refractivity (Wildman–Crippen MR) is 69.8 cm³/mol. The van der Waals surface area contributed by atoms with Crippen molar-refractivity contribution in [2.24, 2.45) is 5.73 Å². The van der Waals surface area contributed by atoms with Gasteiger partial charge in [-0.25, -0.2) is 4.79 Å². The molecule has 0 aromatic heterocycles. The number of nitrogens with two attached hydrogens (primary N) is 1. The standard InChI is InChI=1S/C13H17N3O/c1-3-15-13(17)16-12-7-6-11(5-4-8-14)10(2)9-12/h6-7,9H,3,8,14H2,1-2H3,(H2,15,16,17). The molecular weight excluding hydrogens is 214 g/mol. The van der Waals surface area contributed by atoms with Gasteiger partial charge in [0, 0.05) is 17.8 Å². The number of amides is 2. The first-order valence-electron chi connectivity index (χ1n) is 5.51. The molecular formula is C13H17N3O. The SMILES string of the molecule is CCNC(=O)Nc1ccc(C#CCN)c(C)c1. The molecule has 2 amide bonds. The van der Waals surface area contributed by atoms with E-state index in [1.807, 2.05) is 32.0 Å². The lowest BCUT2D eigenvalue weighted by molar-refractivity contribution is 0.252. The Morgan fingerprint density at radius 3 is 2.82 bits per heavy atom. The van der Waals surface area contributed by atoms with E-state index in [0.717, 1.165) is 16.8 Å². The Hall–Kier alpha value is -1.99. The first-order valence-corrected chi connectivity index (χ1v) is 5.51. The molecule has 4 N–H and O–H groups in total. The molecule has 0 atom stereocenters. The molecule has 0 fully saturated rings. The van der Waals surface area contributed by atoms with Crippen molar-refractivity contribution >= 4 is 11.7 Å². The number of nitrogens with one attached hydrogen (secondary N) is 2. The second kappa shape index (κ2) is 6.56. The normalized spacial score (nSPS) is 9.12. The minimum absolute atomic E-state index is 0.201. The molecule has 90 valence electrons. The lowest BCUT2D eigenvalue weighted by Crippen LogP contribution is -2.28. The van der Waals surface area contributed by atoms with E-state index in [-0.39, 0.29) is 6.03 Å². The monoisotopic (exact) mass is 231 g/mol. The van der Waals surface area contributed by atoms with Crippen molar-refractivity contribution in [3.8, 4) is 11.8 Å². The second-order valence-corrected chi connectivity index (χ2v) is 3.52. The van der Waals surface area contributed by atoms with E-state index < -0.39 is 0 Å². The predicted octanol–water partition coefficient (Wildman–Crippen LogP) is 1.45. The average Bonchev–Trinajstić information content (AvgIpc) is 2.28. The summed E-state index contributed by atoms with van der Waals surface area (Å²) in [6, 6.07) is 5.38. The number of rotatable bonds is 2. The highest BCUT2D eigenvalue weighted by molar-refractivity contribution is 5.89. The van der Waals surface area contributed by atoms with Crippen molar-refractivity contribution in [1.29, 1.82) is 0 Å². The summed E-state index contributed by atoms with van der Waals surface area (Å²) in [5, 5.41) is 5.41. The van der Waals surface area contributed by atoms with Gasteiger partial charge < -0.3 is 16.4 Å². The van der Waals surface area contributed by atoms with Gasteiger partial charge in [-0.3, -0.25) is 0 Å². The van der Waals surface area contributed by atoms with Crippen molar-refractivity contribution in [1.82, 2.24) is 5.32 Å². The van der Waals surface area contributed by atoms with Crippen LogP contribution < -0.4 is 16.4 Å². The van der Waals surface area contributed by atoms with Crippen LogP contribution in [0, 0.1) is 18.8 Å². The number of hydrogen-bond donors (Lipinski definition) is 3. The van der Waals surface area contributed by atoms with Crippen LogP contribution in [0.3, 0.4) is 0 Å². The molecule has 0 heterocycles. The van der Waals surface area contributed by atoms with Crippen molar-refractivity contribution in [3.05, 3.63) is 29.3 Å². The van der Waals surface area contributed by atoms with Gasteiger partial charge in [0.05, 0.1) is 6.54 Å². The highest BCUT2D eigenvalue weighted by atomic mass is 16.2. The molecule has 1 aromatic carbocycles. The molecule has 1 aromatic rings. The Morgan fingerprint density at radius 2 is 2.24 bits per heavy atom. The first kappa shape index (κ1) is 13.1. The Morgan fingerprint density at radius 1 is 1.47 bits per heavy atom. The van der Waals surface area contributed by atoms with Gasteiger partial charge in [-0.05, 0) is 37.6 Å². The molecule has 4 nitrogen and oxygen atoms in total. The molecule has 1 rings (SSSR count). The van der Waals surface area contributed by atoms with Crippen LogP contribution >= 0.6 is 0 Å². The van der Waals surface area contributed by atoms with Crippen LogP contribution in [-0.4, -0.2) is 19.1 Å². The molecule has 17 heavy (non-hydrogen) atoms. The molecule has 0 unspecified atom stereocenters. The summed E-state index contributed by atoms with van der Waals surface area (Å²) in [6.45, 7) is 4.77. The van der Waals surface area contributed by atoms with Crippen molar-refractivity contribution in [2.75, 3.05) is 18.4 Å². The number of aryl methyl sites for hydroxylation is 1. The zero-order valence-electron chi connectivity index (χ0n) is 10.1. The van der Waals surface area contributed by atoms with Crippen LogP contribution in [0.1, 0.15) is 18.1 Å². The first-order chi connectivity index (χ1) is 8.17. The fourth-order valence-electron chi connectivity index (χ4n) is 1.36. The lowest BCUT2D eigenvalue weighted by atomic mass is 10.1. The third-order valence-electron chi connectivity index (χ3n) is 2.15. The fourth-order valence-corrected chi connectivity index (χ4v) is 1.36. The molecule has 0 bridgehead atoms. The van der Waals surface area contributed by atoms with Crippen molar-refractivity contribution in [2.45, 2.75) is 13.8 Å². The van der Waals surface area contributed by atoms with E-state index in [4.69, 9.17) is 5.73 Å². The minimum atomic E-state index is -0.201. The molecule has 0 aliphatic carbocycles. The molecule has 0 saturated carbocycles. The maximum Gasteiger partial charge on any atom is 0.319 e. The minimum Gasteiger partial charge on any atom is -0.338 e. The number of hydrogen-bond acceptors (Lipinski definition) is 2. The Kier molecular flexibility index (Phi) is 5.05. The number of carbonyl (C=O) groups excluding carboxylic acids is 1. The third-order valence-corrected chi connectivity index (χ3v) is 2.15. The van der Waals surface area contributed by atoms with E-state index in [0.29, 0.717) is 13.1 Å². The van der Waals surface area contributed by atoms with Crippen LogP contribution in [-0.2, 0) is 0 Å². The lowest BCUT2D eigenvalue weighted by Gasteiger charge is -2.07. The van der Waals surface area contributed by atoms with Gasteiger partial charge in [0.1, 0.15) is 0 Å². The number of benzene rings is 1. The van der Waals surface area contributed by atoms with E-state index in [9.17, 15) is 4.79 Å². The van der Waals surface area contributed by atoms with Gasteiger partial charge in [-0.1, -0.05) is 11.8 Å². The third kappa shape index (κ3) is 4.17. The summed E-state index contributed by atoms with van der Waals surface area (Å²) in [6.07, 6.45) is 0. The van der Waals surface area contributed by atoms with Crippen LogP contribution in [0.4, 0.5) is 10.5 Å². The average molecular weight is 231 g/mol. The van der Waals surface area contributed by atoms with Crippen LogP contribution in [0.15, 0.2) is 18.2 Å². The summed E-state index contributed by atoms with van der Waals surface area (Å²) in [5.74, 6) is 5.78. The highest BCUT2D eigenvalue weighted by Crippen LogP contribution is 2.14. The summed E-state index contributed by atoms with van der Waals surface area (Å²) >= 11 is 0. The Balaban J connectivity index is 2.78. The number of urea groups is 1. The van der Waals surface area contributed by atoms with Gasteiger partial charge >= 0.3 is 6.03 Å². The maximum absolute atomic E-state index is 11.3. The van der Waals surface area contributed by atoms with E-state index >= 15 is 0 Å². The largest absolute Gasteiger partial charge is 0.338 e. The second-order valence-electron chi connectivity index (χ2n) is 3.52. The topological polar surface area (TPSA) is 67.2 Å². The maximum atomic E-state index is 11.3. The van der Waals surface area contributed by atoms with Gasteiger partial charge in [0.2, 0.25) is 0 Å². The Labute approximate surface area is 102 Å². The molecule has 0 radical (unpaired) electrons. The zero-order valence-corrected chi connectivity index (χ0v) is 10.1. The van der Waals surface area contributed by atoms with E-state index in [1.54, 1.807) is 0 Å². The molecule has 0 aliphatic rings. The fraction of sp³-hybridized carbons (Fsp3) is 0.308. The molecule has 0 spiro atoms.